The molecule has 6 heteroatoms. The fraction of sp³-hybridized carbons (Fsp3) is 0.250. The Kier molecular flexibility index (Phi) is 5.57. The lowest BCUT2D eigenvalue weighted by molar-refractivity contribution is -0.124. The van der Waals surface area contributed by atoms with Crippen LogP contribution in [-0.4, -0.2) is 24.5 Å². The van der Waals surface area contributed by atoms with E-state index in [2.05, 4.69) is 5.32 Å². The first-order chi connectivity index (χ1) is 10.5. The summed E-state index contributed by atoms with van der Waals surface area (Å²) < 4.78 is 5.00. The van der Waals surface area contributed by atoms with Crippen molar-refractivity contribution in [2.24, 2.45) is 0 Å². The molecule has 0 bridgehead atoms. The maximum atomic E-state index is 11.9. The van der Waals surface area contributed by atoms with Crippen molar-refractivity contribution >= 4 is 34.8 Å². The van der Waals surface area contributed by atoms with Crippen molar-refractivity contribution < 1.29 is 14.3 Å². The van der Waals surface area contributed by atoms with Crippen LogP contribution in [0, 0.1) is 0 Å². The van der Waals surface area contributed by atoms with E-state index in [9.17, 15) is 9.59 Å². The fourth-order valence-corrected chi connectivity index (χ4v) is 2.81. The molecule has 0 saturated heterocycles. The van der Waals surface area contributed by atoms with Crippen molar-refractivity contribution in [3.63, 3.8) is 0 Å². The predicted octanol–water partition coefficient (Wildman–Crippen LogP) is 3.75. The zero-order chi connectivity index (χ0) is 16.1. The number of hydrogen-bond donors (Lipinski definition) is 1. The predicted molar refractivity (Wildman–Crippen MR) is 88.3 cm³/mol. The Morgan fingerprint density at radius 2 is 1.86 bits per heavy atom. The average Bonchev–Trinajstić information content (AvgIpc) is 2.94. The summed E-state index contributed by atoms with van der Waals surface area (Å²) in [6.45, 7) is 3.42. The van der Waals surface area contributed by atoms with Crippen molar-refractivity contribution in [3.8, 4) is 10.4 Å². The lowest BCUT2D eigenvalue weighted by Crippen LogP contribution is -2.33. The highest BCUT2D eigenvalue weighted by molar-refractivity contribution is 7.17. The summed E-state index contributed by atoms with van der Waals surface area (Å²) in [5, 5.41) is 3.32. The number of amides is 1. The van der Waals surface area contributed by atoms with Gasteiger partial charge in [-0.2, -0.15) is 0 Å². The van der Waals surface area contributed by atoms with Gasteiger partial charge in [-0.15, -0.1) is 11.3 Å². The zero-order valence-corrected chi connectivity index (χ0v) is 13.8. The lowest BCUT2D eigenvalue weighted by Gasteiger charge is -2.08. The van der Waals surface area contributed by atoms with E-state index in [0.717, 1.165) is 10.4 Å². The van der Waals surface area contributed by atoms with E-state index in [4.69, 9.17) is 16.3 Å². The van der Waals surface area contributed by atoms with Gasteiger partial charge in [0, 0.05) is 15.9 Å². The van der Waals surface area contributed by atoms with E-state index in [1.54, 1.807) is 18.2 Å². The normalized spacial score (nSPS) is 10.5. The van der Waals surface area contributed by atoms with Crippen molar-refractivity contribution in [2.45, 2.75) is 19.9 Å². The fourth-order valence-electron chi connectivity index (χ4n) is 1.78. The third-order valence-corrected chi connectivity index (χ3v) is 4.09. The molecule has 0 aliphatic rings. The molecule has 4 nitrogen and oxygen atoms in total. The molecule has 0 unspecified atom stereocenters. The Balaban J connectivity index is 1.97. The molecule has 1 aromatic carbocycles. The van der Waals surface area contributed by atoms with Crippen LogP contribution in [0.25, 0.3) is 10.4 Å². The molecule has 0 radical (unpaired) electrons. The molecule has 0 aliphatic carbocycles. The molecule has 0 saturated carbocycles. The van der Waals surface area contributed by atoms with Crippen LogP contribution < -0.4 is 5.32 Å². The smallest absolute Gasteiger partial charge is 0.348 e. The van der Waals surface area contributed by atoms with Crippen LogP contribution in [0.5, 0.6) is 0 Å². The molecule has 1 N–H and O–H groups in total. The molecule has 0 fully saturated rings. The molecular weight excluding hydrogens is 322 g/mol. The summed E-state index contributed by atoms with van der Waals surface area (Å²) in [5.41, 5.74) is 0.978. The molecule has 0 atom stereocenters. The Labute approximate surface area is 138 Å². The molecular formula is C16H16ClNO3S. The van der Waals surface area contributed by atoms with Crippen molar-refractivity contribution in [2.75, 3.05) is 6.61 Å². The number of rotatable bonds is 5. The van der Waals surface area contributed by atoms with Crippen LogP contribution in [-0.2, 0) is 9.53 Å². The van der Waals surface area contributed by atoms with Gasteiger partial charge in [-0.3, -0.25) is 4.79 Å². The molecule has 1 aromatic heterocycles. The second-order valence-electron chi connectivity index (χ2n) is 4.97. The number of carbonyl (C=O) groups is 2. The van der Waals surface area contributed by atoms with Gasteiger partial charge in [0.25, 0.3) is 5.91 Å². The van der Waals surface area contributed by atoms with Gasteiger partial charge in [0.15, 0.2) is 6.61 Å². The van der Waals surface area contributed by atoms with Crippen LogP contribution in [0.15, 0.2) is 36.4 Å². The van der Waals surface area contributed by atoms with Gasteiger partial charge in [-0.1, -0.05) is 23.7 Å². The number of halogens is 1. The number of carbonyl (C=O) groups excluding carboxylic acids is 2. The van der Waals surface area contributed by atoms with E-state index in [-0.39, 0.29) is 18.6 Å². The maximum Gasteiger partial charge on any atom is 0.348 e. The first-order valence-electron chi connectivity index (χ1n) is 6.78. The van der Waals surface area contributed by atoms with Crippen LogP contribution in [0.4, 0.5) is 0 Å². The Hall–Kier alpha value is -1.85. The first kappa shape index (κ1) is 16.5. The zero-order valence-electron chi connectivity index (χ0n) is 12.3. The topological polar surface area (TPSA) is 55.4 Å². The van der Waals surface area contributed by atoms with Gasteiger partial charge in [0.2, 0.25) is 0 Å². The summed E-state index contributed by atoms with van der Waals surface area (Å²) in [6.07, 6.45) is 0. The van der Waals surface area contributed by atoms with Gasteiger partial charge >= 0.3 is 5.97 Å². The molecule has 1 heterocycles. The Morgan fingerprint density at radius 1 is 1.18 bits per heavy atom. The summed E-state index contributed by atoms with van der Waals surface area (Å²) >= 11 is 7.17. The molecule has 2 aromatic rings. The number of nitrogens with one attached hydrogen (secondary N) is 1. The van der Waals surface area contributed by atoms with Gasteiger partial charge in [-0.05, 0) is 43.7 Å². The van der Waals surface area contributed by atoms with Gasteiger partial charge < -0.3 is 10.1 Å². The summed E-state index contributed by atoms with van der Waals surface area (Å²) in [5.74, 6) is -0.804. The number of thiophene rings is 1. The van der Waals surface area contributed by atoms with Crippen LogP contribution in [0.3, 0.4) is 0 Å². The SMILES string of the molecule is CC(C)NC(=O)COC(=O)c1ccc(-c2ccc(Cl)cc2)s1. The van der Waals surface area contributed by atoms with Crippen LogP contribution in [0.2, 0.25) is 5.02 Å². The number of benzene rings is 1. The first-order valence-corrected chi connectivity index (χ1v) is 7.97. The highest BCUT2D eigenvalue weighted by Crippen LogP contribution is 2.29. The highest BCUT2D eigenvalue weighted by Gasteiger charge is 2.14. The second kappa shape index (κ2) is 7.42. The largest absolute Gasteiger partial charge is 0.451 e. The van der Waals surface area contributed by atoms with E-state index in [1.165, 1.54) is 11.3 Å². The molecule has 2 rings (SSSR count). The van der Waals surface area contributed by atoms with Crippen LogP contribution in [0.1, 0.15) is 23.5 Å². The number of hydrogen-bond acceptors (Lipinski definition) is 4. The summed E-state index contributed by atoms with van der Waals surface area (Å²) in [7, 11) is 0. The number of ether oxygens (including phenoxy) is 1. The molecule has 1 amide bonds. The van der Waals surface area contributed by atoms with E-state index in [1.807, 2.05) is 32.0 Å². The third-order valence-electron chi connectivity index (χ3n) is 2.72. The lowest BCUT2D eigenvalue weighted by atomic mass is 10.2. The monoisotopic (exact) mass is 337 g/mol. The van der Waals surface area contributed by atoms with Gasteiger partial charge in [0.05, 0.1) is 0 Å². The Morgan fingerprint density at radius 3 is 2.50 bits per heavy atom. The standard InChI is InChI=1S/C16H16ClNO3S/c1-10(2)18-15(19)9-21-16(20)14-8-7-13(22-14)11-3-5-12(17)6-4-11/h3-8,10H,9H2,1-2H3,(H,18,19). The molecule has 22 heavy (non-hydrogen) atoms. The van der Waals surface area contributed by atoms with Crippen molar-refractivity contribution in [1.29, 1.82) is 0 Å². The third kappa shape index (κ3) is 4.58. The van der Waals surface area contributed by atoms with E-state index < -0.39 is 5.97 Å². The summed E-state index contributed by atoms with van der Waals surface area (Å²) in [6, 6.07) is 10.9. The summed E-state index contributed by atoms with van der Waals surface area (Å²) in [4.78, 5) is 24.8. The highest BCUT2D eigenvalue weighted by atomic mass is 35.5. The minimum Gasteiger partial charge on any atom is -0.451 e. The Bertz CT molecular complexity index is 664. The quantitative estimate of drug-likeness (QED) is 0.845. The number of esters is 1. The molecule has 0 aliphatic heterocycles. The van der Waals surface area contributed by atoms with Gasteiger partial charge in [0.1, 0.15) is 4.88 Å². The van der Waals surface area contributed by atoms with Crippen molar-refractivity contribution in [1.82, 2.24) is 5.32 Å². The van der Waals surface area contributed by atoms with Gasteiger partial charge in [-0.25, -0.2) is 4.79 Å². The second-order valence-corrected chi connectivity index (χ2v) is 6.49. The minimum atomic E-state index is -0.496. The molecule has 0 spiro atoms. The van der Waals surface area contributed by atoms with Crippen LogP contribution >= 0.6 is 22.9 Å². The van der Waals surface area contributed by atoms with E-state index >= 15 is 0 Å². The minimum absolute atomic E-state index is 0.0180. The average molecular weight is 338 g/mol. The maximum absolute atomic E-state index is 11.9. The van der Waals surface area contributed by atoms with E-state index in [0.29, 0.717) is 9.90 Å². The molecule has 116 valence electrons. The van der Waals surface area contributed by atoms with Crippen molar-refractivity contribution in [3.05, 3.63) is 46.3 Å².